The molecule has 8 nitrogen and oxygen atoms in total. The first-order valence-electron chi connectivity index (χ1n) is 8.22. The van der Waals surface area contributed by atoms with Crippen LogP contribution in [0, 0.1) is 0 Å². The molecule has 0 amide bonds. The van der Waals surface area contributed by atoms with Gasteiger partial charge in [-0.2, -0.15) is 0 Å². The Morgan fingerprint density at radius 3 is 2.10 bits per heavy atom. The highest BCUT2D eigenvalue weighted by Gasteiger charge is 2.22. The lowest BCUT2D eigenvalue weighted by atomic mass is 10.3. The number of pyridine rings is 1. The van der Waals surface area contributed by atoms with Crippen molar-refractivity contribution in [2.45, 2.75) is 9.79 Å². The smallest absolute Gasteiger partial charge is 0.263 e. The normalized spacial score (nSPS) is 11.7. The molecule has 12 heteroatoms. The molecule has 1 heterocycles. The van der Waals surface area contributed by atoms with E-state index in [1.165, 1.54) is 55.9 Å². The van der Waals surface area contributed by atoms with E-state index >= 15 is 0 Å². The molecule has 0 radical (unpaired) electrons. The molecule has 3 aromatic rings. The number of sulfonamides is 2. The Morgan fingerprint density at radius 1 is 0.833 bits per heavy atom. The average molecular weight is 488 g/mol. The van der Waals surface area contributed by atoms with Gasteiger partial charge < -0.3 is 4.74 Å². The number of nitrogens with one attached hydrogen (secondary N) is 2. The van der Waals surface area contributed by atoms with Gasteiger partial charge in [0, 0.05) is 11.9 Å². The van der Waals surface area contributed by atoms with Crippen molar-refractivity contribution in [1.82, 2.24) is 4.98 Å². The van der Waals surface area contributed by atoms with E-state index in [1.54, 1.807) is 12.1 Å². The summed E-state index contributed by atoms with van der Waals surface area (Å²) in [6.45, 7) is 0. The molecule has 2 aromatic carbocycles. The zero-order valence-corrected chi connectivity index (χ0v) is 18.5. The van der Waals surface area contributed by atoms with Crippen molar-refractivity contribution in [3.63, 3.8) is 0 Å². The molecule has 0 aliphatic carbocycles. The van der Waals surface area contributed by atoms with Crippen LogP contribution in [0.1, 0.15) is 0 Å². The average Bonchev–Trinajstić information content (AvgIpc) is 2.70. The van der Waals surface area contributed by atoms with Gasteiger partial charge in [-0.1, -0.05) is 23.2 Å². The van der Waals surface area contributed by atoms with Gasteiger partial charge in [0.05, 0.1) is 28.9 Å². The third-order valence-corrected chi connectivity index (χ3v) is 7.65. The fraction of sp³-hybridized carbons (Fsp3) is 0.0556. The van der Waals surface area contributed by atoms with E-state index in [0.29, 0.717) is 5.69 Å². The molecule has 0 bridgehead atoms. The summed E-state index contributed by atoms with van der Waals surface area (Å²) in [5, 5.41) is -0.228. The summed E-state index contributed by atoms with van der Waals surface area (Å²) in [6.07, 6.45) is 2.88. The molecule has 0 spiro atoms. The predicted molar refractivity (Wildman–Crippen MR) is 115 cm³/mol. The van der Waals surface area contributed by atoms with Crippen LogP contribution in [-0.4, -0.2) is 28.9 Å². The number of halogens is 2. The van der Waals surface area contributed by atoms with Gasteiger partial charge in [0.25, 0.3) is 20.0 Å². The van der Waals surface area contributed by atoms with Gasteiger partial charge in [0.2, 0.25) is 0 Å². The number of ether oxygens (including phenoxy) is 1. The maximum absolute atomic E-state index is 12.7. The lowest BCUT2D eigenvalue weighted by Gasteiger charge is -2.13. The predicted octanol–water partition coefficient (Wildman–Crippen LogP) is 4.00. The first-order chi connectivity index (χ1) is 14.1. The fourth-order valence-corrected chi connectivity index (χ4v) is 5.37. The molecule has 1 aromatic heterocycles. The summed E-state index contributed by atoms with van der Waals surface area (Å²) in [5.41, 5.74) is 0.437. The van der Waals surface area contributed by atoms with Crippen molar-refractivity contribution in [2.24, 2.45) is 0 Å². The number of anilines is 2. The Labute approximate surface area is 183 Å². The van der Waals surface area contributed by atoms with Crippen molar-refractivity contribution in [3.8, 4) is 5.75 Å². The molecular weight excluding hydrogens is 473 g/mol. The first-order valence-corrected chi connectivity index (χ1v) is 11.9. The third-order valence-electron chi connectivity index (χ3n) is 3.85. The van der Waals surface area contributed by atoms with Gasteiger partial charge in [-0.3, -0.25) is 14.4 Å². The van der Waals surface area contributed by atoms with Gasteiger partial charge in [0.1, 0.15) is 15.7 Å². The quantitative estimate of drug-likeness (QED) is 0.520. The minimum absolute atomic E-state index is 0.0371. The maximum atomic E-state index is 12.7. The lowest BCUT2D eigenvalue weighted by molar-refractivity contribution is 0.414. The Balaban J connectivity index is 1.82. The van der Waals surface area contributed by atoms with Crippen LogP contribution in [0.25, 0.3) is 0 Å². The van der Waals surface area contributed by atoms with E-state index in [9.17, 15) is 16.8 Å². The highest BCUT2D eigenvalue weighted by atomic mass is 35.5. The highest BCUT2D eigenvalue weighted by molar-refractivity contribution is 7.93. The standard InChI is InChI=1S/C18H15Cl2N3O5S2/c1-28-15-8-9-16(18(20)17(15)19)30(26,27)22-12-4-6-14(7-5-12)29(24,25)23-13-3-2-10-21-11-13/h2-11,22-23H,1H3. The molecule has 0 aliphatic rings. The van der Waals surface area contributed by atoms with E-state index < -0.39 is 20.0 Å². The molecule has 0 atom stereocenters. The van der Waals surface area contributed by atoms with Crippen LogP contribution >= 0.6 is 23.2 Å². The zero-order chi connectivity index (χ0) is 21.9. The van der Waals surface area contributed by atoms with Gasteiger partial charge in [-0.05, 0) is 48.5 Å². The molecule has 0 saturated carbocycles. The summed E-state index contributed by atoms with van der Waals surface area (Å²) in [7, 11) is -6.57. The van der Waals surface area contributed by atoms with Crippen LogP contribution in [0.2, 0.25) is 10.0 Å². The molecule has 158 valence electrons. The van der Waals surface area contributed by atoms with Crippen molar-refractivity contribution < 1.29 is 21.6 Å². The number of hydrogen-bond donors (Lipinski definition) is 2. The van der Waals surface area contributed by atoms with Crippen molar-refractivity contribution >= 4 is 54.6 Å². The second-order valence-electron chi connectivity index (χ2n) is 5.87. The summed E-state index contributed by atoms with van der Waals surface area (Å²) < 4.78 is 59.9. The van der Waals surface area contributed by atoms with E-state index in [0.717, 1.165) is 0 Å². The van der Waals surface area contributed by atoms with Crippen LogP contribution in [0.4, 0.5) is 11.4 Å². The summed E-state index contributed by atoms with van der Waals surface area (Å²) in [5.74, 6) is 0.233. The minimum atomic E-state index is -4.08. The molecular formula is C18H15Cl2N3O5S2. The molecule has 2 N–H and O–H groups in total. The van der Waals surface area contributed by atoms with Crippen LogP contribution in [-0.2, 0) is 20.0 Å². The number of benzene rings is 2. The highest BCUT2D eigenvalue weighted by Crippen LogP contribution is 2.37. The minimum Gasteiger partial charge on any atom is -0.495 e. The summed E-state index contributed by atoms with van der Waals surface area (Å²) >= 11 is 12.1. The second-order valence-corrected chi connectivity index (χ2v) is 9.96. The van der Waals surface area contributed by atoms with Gasteiger partial charge in [0.15, 0.2) is 0 Å². The fourth-order valence-electron chi connectivity index (χ4n) is 2.43. The first kappa shape index (κ1) is 22.2. The van der Waals surface area contributed by atoms with Gasteiger partial charge in [-0.15, -0.1) is 0 Å². The van der Waals surface area contributed by atoms with Gasteiger partial charge >= 0.3 is 0 Å². The third kappa shape index (κ3) is 4.78. The van der Waals surface area contributed by atoms with Crippen molar-refractivity contribution in [1.29, 1.82) is 0 Å². The number of methoxy groups -OCH3 is 1. The Morgan fingerprint density at radius 2 is 1.50 bits per heavy atom. The molecule has 30 heavy (non-hydrogen) atoms. The Hall–Kier alpha value is -2.53. The number of nitrogens with zero attached hydrogens (tertiary/aromatic N) is 1. The number of rotatable bonds is 7. The van der Waals surface area contributed by atoms with E-state index in [2.05, 4.69) is 14.4 Å². The van der Waals surface area contributed by atoms with Gasteiger partial charge in [-0.25, -0.2) is 16.8 Å². The Kier molecular flexibility index (Phi) is 6.41. The van der Waals surface area contributed by atoms with Crippen molar-refractivity contribution in [3.05, 3.63) is 71.0 Å². The SMILES string of the molecule is COc1ccc(S(=O)(=O)Nc2ccc(S(=O)(=O)Nc3cccnc3)cc2)c(Cl)c1Cl. The van der Waals surface area contributed by atoms with Crippen LogP contribution in [0.3, 0.4) is 0 Å². The van der Waals surface area contributed by atoms with E-state index in [-0.39, 0.29) is 31.3 Å². The van der Waals surface area contributed by atoms with Crippen molar-refractivity contribution in [2.75, 3.05) is 16.6 Å². The topological polar surface area (TPSA) is 114 Å². The molecule has 0 fully saturated rings. The number of hydrogen-bond acceptors (Lipinski definition) is 6. The molecule has 0 saturated heterocycles. The lowest BCUT2D eigenvalue weighted by Crippen LogP contribution is -2.15. The largest absolute Gasteiger partial charge is 0.495 e. The molecule has 0 unspecified atom stereocenters. The molecule has 3 rings (SSSR count). The van der Waals surface area contributed by atoms with E-state index in [1.807, 2.05) is 0 Å². The van der Waals surface area contributed by atoms with E-state index in [4.69, 9.17) is 27.9 Å². The van der Waals surface area contributed by atoms with Crippen LogP contribution in [0.5, 0.6) is 5.75 Å². The Bertz CT molecular complexity index is 1270. The monoisotopic (exact) mass is 487 g/mol. The number of aromatic nitrogens is 1. The zero-order valence-electron chi connectivity index (χ0n) is 15.3. The van der Waals surface area contributed by atoms with Crippen LogP contribution in [0.15, 0.2) is 70.7 Å². The van der Waals surface area contributed by atoms with Crippen LogP contribution < -0.4 is 14.2 Å². The maximum Gasteiger partial charge on any atom is 0.263 e. The summed E-state index contributed by atoms with van der Waals surface area (Å²) in [6, 6.07) is 10.9. The summed E-state index contributed by atoms with van der Waals surface area (Å²) in [4.78, 5) is 3.54. The second kappa shape index (κ2) is 8.68. The molecule has 0 aliphatic heterocycles.